The smallest absolute Gasteiger partial charge is 0.403 e. The number of carbonyl (C=O) groups is 2. The first kappa shape index (κ1) is 25.2. The number of esters is 1. The van der Waals surface area contributed by atoms with Crippen molar-refractivity contribution in [2.45, 2.75) is 31.8 Å². The molecular weight excluding hydrogens is 473 g/mol. The summed E-state index contributed by atoms with van der Waals surface area (Å²) in [6.45, 7) is 4.79. The molecule has 0 spiro atoms. The highest BCUT2D eigenvalue weighted by Gasteiger charge is 2.31. The number of hydrogen-bond donors (Lipinski definition) is 0. The van der Waals surface area contributed by atoms with Crippen molar-refractivity contribution in [2.24, 2.45) is 7.05 Å². The van der Waals surface area contributed by atoms with E-state index in [-0.39, 0.29) is 27.5 Å². The first-order chi connectivity index (χ1) is 15.6. The van der Waals surface area contributed by atoms with Gasteiger partial charge in [-0.25, -0.2) is 17.9 Å². The van der Waals surface area contributed by atoms with Gasteiger partial charge in [0.25, 0.3) is 0 Å². The highest BCUT2D eigenvalue weighted by atomic mass is 32.2. The second-order valence-electron chi connectivity index (χ2n) is 7.87. The fraction of sp³-hybridized carbons (Fsp3) is 0.261. The Morgan fingerprint density at radius 1 is 1.00 bits per heavy atom. The van der Waals surface area contributed by atoms with Gasteiger partial charge in [-0.3, -0.25) is 4.79 Å². The molecular formula is C23H21F3N2O5S. The van der Waals surface area contributed by atoms with Crippen molar-refractivity contribution < 1.29 is 35.9 Å². The van der Waals surface area contributed by atoms with E-state index in [1.54, 1.807) is 20.8 Å². The third-order valence-corrected chi connectivity index (χ3v) is 6.78. The van der Waals surface area contributed by atoms with Gasteiger partial charge in [0.2, 0.25) is 5.88 Å². The molecule has 0 bridgehead atoms. The molecule has 0 saturated carbocycles. The Morgan fingerprint density at radius 2 is 1.59 bits per heavy atom. The number of halogens is 3. The fourth-order valence-corrected chi connectivity index (χ4v) is 5.01. The zero-order valence-corrected chi connectivity index (χ0v) is 19.8. The predicted molar refractivity (Wildman–Crippen MR) is 117 cm³/mol. The van der Waals surface area contributed by atoms with E-state index < -0.39 is 33.3 Å². The Hall–Kier alpha value is -3.47. The van der Waals surface area contributed by atoms with Gasteiger partial charge in [-0.1, -0.05) is 0 Å². The zero-order valence-electron chi connectivity index (χ0n) is 18.9. The van der Waals surface area contributed by atoms with Gasteiger partial charge in [-0.15, -0.1) is 0 Å². The standard InChI is InChI=1S/C23H21F3N2O5S/c1-12-10-17(13(2)14(3)20(12)34(5,31)32)19(29)18-11-27-28(4)21(18)33-22(30)15-6-8-16(9-7-15)23(24,25)26/h6-11H,1-5H3. The minimum atomic E-state index is -4.55. The number of ether oxygens (including phenoxy) is 1. The second kappa shape index (κ2) is 8.71. The van der Waals surface area contributed by atoms with E-state index >= 15 is 0 Å². The van der Waals surface area contributed by atoms with E-state index in [4.69, 9.17) is 4.74 Å². The Labute approximate surface area is 194 Å². The summed E-state index contributed by atoms with van der Waals surface area (Å²) in [5, 5.41) is 3.96. The number of aryl methyl sites for hydroxylation is 2. The predicted octanol–water partition coefficient (Wildman–Crippen LogP) is 4.22. The maximum atomic E-state index is 13.3. The number of alkyl halides is 3. The van der Waals surface area contributed by atoms with Gasteiger partial charge in [-0.2, -0.15) is 18.3 Å². The van der Waals surface area contributed by atoms with Crippen LogP contribution in [0.1, 0.15) is 48.5 Å². The van der Waals surface area contributed by atoms with Gasteiger partial charge in [0.1, 0.15) is 5.56 Å². The number of benzene rings is 2. The summed E-state index contributed by atoms with van der Waals surface area (Å²) in [6.07, 6.45) is -2.26. The molecule has 0 saturated heterocycles. The monoisotopic (exact) mass is 494 g/mol. The third-order valence-electron chi connectivity index (χ3n) is 5.41. The summed E-state index contributed by atoms with van der Waals surface area (Å²) < 4.78 is 69.0. The molecule has 0 aliphatic carbocycles. The first-order valence-corrected chi connectivity index (χ1v) is 11.8. The molecule has 0 unspecified atom stereocenters. The summed E-state index contributed by atoms with van der Waals surface area (Å²) in [6, 6.07) is 4.91. The van der Waals surface area contributed by atoms with Gasteiger partial charge >= 0.3 is 12.1 Å². The van der Waals surface area contributed by atoms with Crippen LogP contribution in [0, 0.1) is 20.8 Å². The maximum Gasteiger partial charge on any atom is 0.416 e. The van der Waals surface area contributed by atoms with Gasteiger partial charge in [0.05, 0.1) is 22.2 Å². The summed E-state index contributed by atoms with van der Waals surface area (Å²) in [7, 11) is -2.09. The Bertz CT molecular complexity index is 1410. The zero-order chi connectivity index (χ0) is 25.6. The Balaban J connectivity index is 1.98. The Kier molecular flexibility index (Phi) is 6.45. The highest BCUT2D eigenvalue weighted by molar-refractivity contribution is 7.90. The summed E-state index contributed by atoms with van der Waals surface area (Å²) in [5.74, 6) is -1.72. The molecule has 0 aliphatic heterocycles. The molecule has 0 amide bonds. The lowest BCUT2D eigenvalue weighted by Gasteiger charge is -2.15. The molecule has 180 valence electrons. The van der Waals surface area contributed by atoms with Crippen molar-refractivity contribution in [3.05, 3.63) is 75.5 Å². The molecule has 3 aromatic rings. The van der Waals surface area contributed by atoms with Gasteiger partial charge in [0, 0.05) is 18.9 Å². The second-order valence-corrected chi connectivity index (χ2v) is 9.83. The molecule has 2 aromatic carbocycles. The molecule has 0 aliphatic rings. The normalized spacial score (nSPS) is 12.0. The summed E-state index contributed by atoms with van der Waals surface area (Å²) in [5.41, 5.74) is 0.352. The maximum absolute atomic E-state index is 13.3. The molecule has 7 nitrogen and oxygen atoms in total. The Morgan fingerprint density at radius 3 is 2.12 bits per heavy atom. The summed E-state index contributed by atoms with van der Waals surface area (Å²) in [4.78, 5) is 26.0. The van der Waals surface area contributed by atoms with Gasteiger partial charge < -0.3 is 4.74 Å². The fourth-order valence-electron chi connectivity index (χ4n) is 3.65. The van der Waals surface area contributed by atoms with Gasteiger partial charge in [0.15, 0.2) is 15.6 Å². The lowest BCUT2D eigenvalue weighted by Crippen LogP contribution is -2.15. The molecule has 11 heteroatoms. The van der Waals surface area contributed by atoms with Gasteiger partial charge in [-0.05, 0) is 67.8 Å². The van der Waals surface area contributed by atoms with E-state index in [9.17, 15) is 31.2 Å². The van der Waals surface area contributed by atoms with E-state index in [2.05, 4.69) is 5.10 Å². The molecule has 1 aromatic heterocycles. The number of rotatable bonds is 5. The lowest BCUT2D eigenvalue weighted by molar-refractivity contribution is -0.137. The van der Waals surface area contributed by atoms with Crippen molar-refractivity contribution in [1.82, 2.24) is 9.78 Å². The minimum absolute atomic E-state index is 0.0585. The average molecular weight is 494 g/mol. The van der Waals surface area contributed by atoms with Crippen molar-refractivity contribution >= 4 is 21.6 Å². The van der Waals surface area contributed by atoms with Crippen LogP contribution in [0.3, 0.4) is 0 Å². The lowest BCUT2D eigenvalue weighted by atomic mass is 9.95. The molecule has 0 radical (unpaired) electrons. The van der Waals surface area contributed by atoms with Crippen LogP contribution in [-0.4, -0.2) is 36.2 Å². The van der Waals surface area contributed by atoms with Crippen LogP contribution in [0.5, 0.6) is 5.88 Å². The van der Waals surface area contributed by atoms with Crippen LogP contribution in [-0.2, 0) is 23.1 Å². The molecule has 0 N–H and O–H groups in total. The number of hydrogen-bond acceptors (Lipinski definition) is 6. The molecule has 34 heavy (non-hydrogen) atoms. The van der Waals surface area contributed by atoms with E-state index in [0.717, 1.165) is 35.2 Å². The van der Waals surface area contributed by atoms with Crippen molar-refractivity contribution in [3.8, 4) is 5.88 Å². The third kappa shape index (κ3) is 4.74. The number of nitrogens with zero attached hydrogens (tertiary/aromatic N) is 2. The van der Waals surface area contributed by atoms with Crippen LogP contribution in [0.2, 0.25) is 0 Å². The van der Waals surface area contributed by atoms with E-state index in [1.807, 2.05) is 0 Å². The van der Waals surface area contributed by atoms with Crippen LogP contribution < -0.4 is 4.74 Å². The topological polar surface area (TPSA) is 95.3 Å². The summed E-state index contributed by atoms with van der Waals surface area (Å²) >= 11 is 0. The quantitative estimate of drug-likeness (QED) is 0.389. The van der Waals surface area contributed by atoms with Crippen molar-refractivity contribution in [3.63, 3.8) is 0 Å². The molecule has 1 heterocycles. The first-order valence-electron chi connectivity index (χ1n) is 9.90. The average Bonchev–Trinajstić information content (AvgIpc) is 3.09. The SMILES string of the molecule is Cc1cc(C(=O)c2cnn(C)c2OC(=O)c2ccc(C(F)(F)F)cc2)c(C)c(C)c1S(C)(=O)=O. The van der Waals surface area contributed by atoms with E-state index in [1.165, 1.54) is 19.3 Å². The number of carbonyl (C=O) groups excluding carboxylic acids is 2. The highest BCUT2D eigenvalue weighted by Crippen LogP contribution is 2.31. The number of sulfone groups is 1. The molecule has 3 rings (SSSR count). The van der Waals surface area contributed by atoms with Crippen LogP contribution >= 0.6 is 0 Å². The number of aromatic nitrogens is 2. The van der Waals surface area contributed by atoms with Crippen LogP contribution in [0.25, 0.3) is 0 Å². The van der Waals surface area contributed by atoms with Crippen molar-refractivity contribution in [1.29, 1.82) is 0 Å². The molecule has 0 atom stereocenters. The van der Waals surface area contributed by atoms with E-state index in [0.29, 0.717) is 16.7 Å². The van der Waals surface area contributed by atoms with Crippen LogP contribution in [0.4, 0.5) is 13.2 Å². The minimum Gasteiger partial charge on any atom is -0.403 e. The molecule has 0 fully saturated rings. The number of ketones is 1. The largest absolute Gasteiger partial charge is 0.416 e. The van der Waals surface area contributed by atoms with Crippen LogP contribution in [0.15, 0.2) is 41.4 Å². The van der Waals surface area contributed by atoms with Crippen molar-refractivity contribution in [2.75, 3.05) is 6.26 Å².